The second-order valence-electron chi connectivity index (χ2n) is 8.49. The van der Waals surface area contributed by atoms with E-state index in [0.717, 1.165) is 5.56 Å². The molecule has 6 atom stereocenters. The molecule has 1 fully saturated rings. The van der Waals surface area contributed by atoms with E-state index >= 15 is 0 Å². The van der Waals surface area contributed by atoms with Gasteiger partial charge in [-0.3, -0.25) is 28.1 Å². The van der Waals surface area contributed by atoms with Crippen LogP contribution in [-0.2, 0) is 45.2 Å². The molecule has 0 amide bonds. The number of imidazole rings is 1. The molecular weight excluding hydrogens is 665 g/mol. The summed E-state index contributed by atoms with van der Waals surface area (Å²) in [7, 11) is -11.7. The highest BCUT2D eigenvalue weighted by atomic mass is 32.5. The zero-order chi connectivity index (χ0) is 30.9. The van der Waals surface area contributed by atoms with E-state index < -0.39 is 52.3 Å². The predicted octanol–water partition coefficient (Wildman–Crippen LogP) is -0.136. The molecule has 0 spiro atoms. The Labute approximate surface area is 245 Å². The number of hydrogen-bond acceptors (Lipinski definition) is 18. The third-order valence-corrected chi connectivity index (χ3v) is 11.0. The number of ether oxygens (including phenoxy) is 1. The number of rotatable bonds is 13. The number of thioether (sulfide) groups is 1. The van der Waals surface area contributed by atoms with Crippen LogP contribution in [0, 0.1) is 10.1 Å². The highest BCUT2D eigenvalue weighted by Crippen LogP contribution is 2.61. The number of nitrogens with zero attached hydrogens (tertiary/aromatic N) is 5. The lowest BCUT2D eigenvalue weighted by molar-refractivity contribution is -0.384. The second-order valence-corrected chi connectivity index (χ2v) is 15.2. The first-order chi connectivity index (χ1) is 19.5. The van der Waals surface area contributed by atoms with Crippen molar-refractivity contribution < 1.29 is 56.6 Å². The molecule has 0 radical (unpaired) electrons. The van der Waals surface area contributed by atoms with Gasteiger partial charge in [0.05, 0.1) is 24.0 Å². The van der Waals surface area contributed by atoms with Crippen LogP contribution >= 0.6 is 34.1 Å². The molecule has 1 saturated heterocycles. The van der Waals surface area contributed by atoms with Crippen LogP contribution in [0.15, 0.2) is 35.7 Å². The number of aliphatic hydroxyl groups excluding tert-OH is 1. The minimum absolute atomic E-state index is 0.0143. The maximum absolute atomic E-state index is 12.2. The lowest BCUT2D eigenvalue weighted by Gasteiger charge is -2.35. The van der Waals surface area contributed by atoms with Gasteiger partial charge >= 0.3 is 0 Å². The van der Waals surface area contributed by atoms with E-state index in [4.69, 9.17) is 19.9 Å². The van der Waals surface area contributed by atoms with Crippen LogP contribution in [-0.4, -0.2) is 59.0 Å². The Morgan fingerprint density at radius 1 is 1.21 bits per heavy atom. The first-order valence-corrected chi connectivity index (χ1v) is 17.9. The van der Waals surface area contributed by atoms with Crippen molar-refractivity contribution in [1.82, 2.24) is 19.5 Å². The number of phosphoric acid groups is 2. The summed E-state index contributed by atoms with van der Waals surface area (Å²) in [6.07, 6.45) is -1.44. The smallest absolute Gasteiger partial charge is 0.279 e. The average Bonchev–Trinajstić information content (AvgIpc) is 3.44. The van der Waals surface area contributed by atoms with Gasteiger partial charge < -0.3 is 39.7 Å². The van der Waals surface area contributed by atoms with Crippen molar-refractivity contribution >= 4 is 68.6 Å². The van der Waals surface area contributed by atoms with E-state index in [1.165, 1.54) is 34.8 Å². The Morgan fingerprint density at radius 3 is 2.55 bits per heavy atom. The van der Waals surface area contributed by atoms with E-state index in [1.807, 2.05) is 0 Å². The van der Waals surface area contributed by atoms with Crippen molar-refractivity contribution in [2.24, 2.45) is 0 Å². The molecule has 4 N–H and O–H groups in total. The predicted molar refractivity (Wildman–Crippen MR) is 142 cm³/mol. The number of anilines is 1. The summed E-state index contributed by atoms with van der Waals surface area (Å²) in [5, 5.41) is 21.6. The number of nitrogen functional groups attached to an aromatic ring is 1. The Kier molecular flexibility index (Phi) is 10.2. The first kappa shape index (κ1) is 33.0. The number of aryl methyl sites for hydroxylation is 1. The SMILES string of the molecule is Nc1nc(SCCc2ccc([N+](=O)[O-])cc2)nc2c1ncn2[C@H]1C[C@H](O)[C@@H](COP([O-])(=S)OP(=O)([O-])OP(=O)([O-])O)O1. The normalized spacial score (nSPS) is 23.3. The van der Waals surface area contributed by atoms with Crippen LogP contribution in [0.5, 0.6) is 0 Å². The fraction of sp³-hybridized carbons (Fsp3) is 0.389. The molecule has 3 heterocycles. The maximum atomic E-state index is 12.2. The summed E-state index contributed by atoms with van der Waals surface area (Å²) < 4.78 is 41.3. The third kappa shape index (κ3) is 8.81. The summed E-state index contributed by atoms with van der Waals surface area (Å²) in [5.41, 5.74) is 7.43. The molecule has 24 heteroatoms. The molecule has 2 aromatic heterocycles. The molecule has 19 nitrogen and oxygen atoms in total. The molecule has 0 saturated carbocycles. The zero-order valence-electron chi connectivity index (χ0n) is 20.8. The van der Waals surface area contributed by atoms with Crippen molar-refractivity contribution in [3.05, 3.63) is 46.3 Å². The minimum atomic E-state index is -5.87. The van der Waals surface area contributed by atoms with Crippen molar-refractivity contribution in [1.29, 1.82) is 0 Å². The van der Waals surface area contributed by atoms with Crippen molar-refractivity contribution in [2.45, 2.75) is 36.4 Å². The summed E-state index contributed by atoms with van der Waals surface area (Å²) >= 11 is 5.68. The fourth-order valence-electron chi connectivity index (χ4n) is 3.73. The lowest BCUT2D eigenvalue weighted by Crippen LogP contribution is -2.27. The molecule has 42 heavy (non-hydrogen) atoms. The van der Waals surface area contributed by atoms with Crippen molar-refractivity contribution in [3.63, 3.8) is 0 Å². The quantitative estimate of drug-likeness (QED) is 0.0693. The summed E-state index contributed by atoms with van der Waals surface area (Å²) in [4.78, 5) is 66.0. The van der Waals surface area contributed by atoms with Gasteiger partial charge in [-0.2, -0.15) is 0 Å². The van der Waals surface area contributed by atoms with Gasteiger partial charge in [0.15, 0.2) is 16.6 Å². The van der Waals surface area contributed by atoms with E-state index in [-0.39, 0.29) is 29.1 Å². The molecule has 0 bridgehead atoms. The Balaban J connectivity index is 1.39. The van der Waals surface area contributed by atoms with E-state index in [1.54, 1.807) is 12.1 Å². The lowest BCUT2D eigenvalue weighted by atomic mass is 10.1. The average molecular weight is 685 g/mol. The van der Waals surface area contributed by atoms with Gasteiger partial charge in [0.1, 0.15) is 24.6 Å². The molecule has 4 rings (SSSR count). The zero-order valence-corrected chi connectivity index (χ0v) is 25.1. The Hall–Kier alpha value is -1.93. The van der Waals surface area contributed by atoms with Gasteiger partial charge in [0.25, 0.3) is 21.3 Å². The summed E-state index contributed by atoms with van der Waals surface area (Å²) in [6, 6.07) is 6.13. The summed E-state index contributed by atoms with van der Waals surface area (Å²) in [5.74, 6) is 0.596. The standard InChI is InChI=1S/C18H23N6O13P3S2/c19-16-15-17(22-18(21-16)42-6-5-10-1-3-11(4-2-10)24(26)27)23(9-20-15)14-7-12(25)13(35-14)8-34-40(33,41)37-39(31,32)36-38(28,29)30/h1-4,9,12-14,25H,5-8H2,(H,31,32)(H,33,41)(H2,19,21,22)(H2,28,29,30)/p-3/t12-,13+,14+,40?/m0/s1. The Morgan fingerprint density at radius 2 is 1.90 bits per heavy atom. The molecule has 1 aliphatic rings. The molecule has 1 aliphatic heterocycles. The van der Waals surface area contributed by atoms with Crippen molar-refractivity contribution in [2.75, 3.05) is 18.1 Å². The van der Waals surface area contributed by atoms with Crippen molar-refractivity contribution in [3.8, 4) is 0 Å². The number of aliphatic hydroxyl groups is 1. The van der Waals surface area contributed by atoms with Gasteiger partial charge in [0, 0.05) is 24.3 Å². The van der Waals surface area contributed by atoms with Gasteiger partial charge in [-0.05, 0) is 12.0 Å². The van der Waals surface area contributed by atoms with Gasteiger partial charge in [-0.1, -0.05) is 35.7 Å². The largest absolute Gasteiger partial charge is 0.779 e. The van der Waals surface area contributed by atoms with Gasteiger partial charge in [-0.25, -0.2) is 19.3 Å². The Bertz CT molecular complexity index is 1610. The van der Waals surface area contributed by atoms with Crippen LogP contribution < -0.4 is 20.4 Å². The number of benzene rings is 1. The molecule has 3 unspecified atom stereocenters. The van der Waals surface area contributed by atoms with E-state index in [2.05, 4.69) is 35.4 Å². The summed E-state index contributed by atoms with van der Waals surface area (Å²) in [6.45, 7) is -5.66. The van der Waals surface area contributed by atoms with Crippen LogP contribution in [0.25, 0.3) is 11.2 Å². The number of nitro groups is 1. The molecular formula is C18H20N6O13P3S2-3. The minimum Gasteiger partial charge on any atom is -0.779 e. The highest BCUT2D eigenvalue weighted by Gasteiger charge is 2.37. The second kappa shape index (κ2) is 13.0. The first-order valence-electron chi connectivity index (χ1n) is 11.4. The topological polar surface area (TPSA) is 293 Å². The maximum Gasteiger partial charge on any atom is 0.279 e. The monoisotopic (exact) mass is 685 g/mol. The van der Waals surface area contributed by atoms with Gasteiger partial charge in [0.2, 0.25) is 0 Å². The number of nitrogens with two attached hydrogens (primary N) is 1. The van der Waals surface area contributed by atoms with Crippen LogP contribution in [0.2, 0.25) is 0 Å². The molecule has 1 aromatic carbocycles. The number of nitro benzene ring substituents is 1. The van der Waals surface area contributed by atoms with Crippen LogP contribution in [0.1, 0.15) is 18.2 Å². The third-order valence-electron chi connectivity index (χ3n) is 5.51. The van der Waals surface area contributed by atoms with Gasteiger partial charge in [-0.15, -0.1) is 0 Å². The number of non-ortho nitro benzene ring substituents is 1. The fourth-order valence-corrected chi connectivity index (χ4v) is 8.37. The van der Waals surface area contributed by atoms with Crippen LogP contribution in [0.3, 0.4) is 0 Å². The number of hydrogen-bond donors (Lipinski definition) is 3. The van der Waals surface area contributed by atoms with Crippen LogP contribution in [0.4, 0.5) is 11.5 Å². The molecule has 0 aliphatic carbocycles. The molecule has 3 aromatic rings. The number of fused-ring (bicyclic) bond motifs is 1. The van der Waals surface area contributed by atoms with E-state index in [9.17, 15) is 39.0 Å². The highest BCUT2D eigenvalue weighted by molar-refractivity contribution is 8.07. The van der Waals surface area contributed by atoms with E-state index in [0.29, 0.717) is 17.3 Å². The number of aromatic nitrogens is 4. The molecule has 230 valence electrons.